The van der Waals surface area contributed by atoms with Gasteiger partial charge in [0.1, 0.15) is 18.0 Å². The summed E-state index contributed by atoms with van der Waals surface area (Å²) in [6.45, 7) is 3.11. The van der Waals surface area contributed by atoms with Gasteiger partial charge in [0.25, 0.3) is 0 Å². The van der Waals surface area contributed by atoms with E-state index in [1.807, 2.05) is 17.8 Å². The van der Waals surface area contributed by atoms with Crippen LogP contribution in [0.3, 0.4) is 0 Å². The van der Waals surface area contributed by atoms with Crippen LogP contribution in [-0.4, -0.2) is 53.3 Å². The Bertz CT molecular complexity index is 405. The molecule has 1 saturated heterocycles. The summed E-state index contributed by atoms with van der Waals surface area (Å²) in [4.78, 5) is 10.9. The minimum atomic E-state index is 0.265. The van der Waals surface area contributed by atoms with Crippen molar-refractivity contribution in [1.29, 1.82) is 0 Å². The number of anilines is 2. The van der Waals surface area contributed by atoms with Gasteiger partial charge < -0.3 is 15.3 Å². The van der Waals surface area contributed by atoms with Crippen LogP contribution >= 0.6 is 11.8 Å². The van der Waals surface area contributed by atoms with Gasteiger partial charge in [-0.05, 0) is 37.2 Å². The highest BCUT2D eigenvalue weighted by molar-refractivity contribution is 7.98. The van der Waals surface area contributed by atoms with E-state index >= 15 is 0 Å². The smallest absolute Gasteiger partial charge is 0.134 e. The molecule has 20 heavy (non-hydrogen) atoms. The molecule has 1 aliphatic rings. The van der Waals surface area contributed by atoms with Gasteiger partial charge in [0, 0.05) is 32.3 Å². The van der Waals surface area contributed by atoms with Gasteiger partial charge in [0.2, 0.25) is 0 Å². The topological polar surface area (TPSA) is 61.3 Å². The largest absolute Gasteiger partial charge is 0.396 e. The first-order valence-electron chi connectivity index (χ1n) is 7.24. The van der Waals surface area contributed by atoms with Crippen molar-refractivity contribution < 1.29 is 5.11 Å². The second kappa shape index (κ2) is 8.32. The summed E-state index contributed by atoms with van der Waals surface area (Å²) in [6.07, 6.45) is 7.10. The summed E-state index contributed by atoms with van der Waals surface area (Å²) in [6, 6.07) is 2.01. The highest BCUT2D eigenvalue weighted by atomic mass is 32.2. The zero-order chi connectivity index (χ0) is 14.2. The first-order chi connectivity index (χ1) is 9.83. The van der Waals surface area contributed by atoms with Crippen LogP contribution in [0.25, 0.3) is 0 Å². The summed E-state index contributed by atoms with van der Waals surface area (Å²) >= 11 is 1.86. The third-order valence-corrected chi connectivity index (χ3v) is 4.28. The molecule has 0 aliphatic carbocycles. The van der Waals surface area contributed by atoms with Crippen molar-refractivity contribution in [1.82, 2.24) is 9.97 Å². The molecule has 0 saturated carbocycles. The molecule has 0 aromatic carbocycles. The van der Waals surface area contributed by atoms with Gasteiger partial charge in [0.05, 0.1) is 0 Å². The summed E-state index contributed by atoms with van der Waals surface area (Å²) in [5.41, 5.74) is 0. The molecule has 0 amide bonds. The van der Waals surface area contributed by atoms with Gasteiger partial charge in [-0.25, -0.2) is 9.97 Å². The molecular formula is C14H24N4OS. The Balaban J connectivity index is 1.91. The summed E-state index contributed by atoms with van der Waals surface area (Å²) < 4.78 is 0. The minimum absolute atomic E-state index is 0.265. The van der Waals surface area contributed by atoms with Gasteiger partial charge in [-0.3, -0.25) is 0 Å². The molecule has 1 fully saturated rings. The highest BCUT2D eigenvalue weighted by Gasteiger charge is 2.20. The van der Waals surface area contributed by atoms with E-state index in [0.29, 0.717) is 5.92 Å². The SMILES string of the molecule is CSCCCNc1cc(N2CCCC(CO)C2)ncn1. The Morgan fingerprint density at radius 3 is 3.20 bits per heavy atom. The van der Waals surface area contributed by atoms with E-state index in [9.17, 15) is 5.11 Å². The van der Waals surface area contributed by atoms with Gasteiger partial charge >= 0.3 is 0 Å². The molecule has 1 aliphatic heterocycles. The molecule has 1 aromatic heterocycles. The average molecular weight is 296 g/mol. The fourth-order valence-corrected chi connectivity index (χ4v) is 2.90. The molecule has 2 heterocycles. The first-order valence-corrected chi connectivity index (χ1v) is 8.63. The first kappa shape index (κ1) is 15.4. The molecule has 0 radical (unpaired) electrons. The zero-order valence-electron chi connectivity index (χ0n) is 12.1. The normalized spacial score (nSPS) is 19.1. The number of nitrogens with one attached hydrogen (secondary N) is 1. The molecule has 0 bridgehead atoms. The van der Waals surface area contributed by atoms with Crippen molar-refractivity contribution >= 4 is 23.4 Å². The summed E-state index contributed by atoms with van der Waals surface area (Å²) in [5.74, 6) is 3.39. The fraction of sp³-hybridized carbons (Fsp3) is 0.714. The Morgan fingerprint density at radius 1 is 1.50 bits per heavy atom. The fourth-order valence-electron chi connectivity index (χ4n) is 2.47. The Hall–Kier alpha value is -1.01. The third kappa shape index (κ3) is 4.52. The second-order valence-corrected chi connectivity index (χ2v) is 6.16. The van der Waals surface area contributed by atoms with Gasteiger partial charge in [-0.15, -0.1) is 0 Å². The van der Waals surface area contributed by atoms with Crippen LogP contribution in [0.2, 0.25) is 0 Å². The van der Waals surface area contributed by atoms with Crippen LogP contribution in [0.1, 0.15) is 19.3 Å². The van der Waals surface area contributed by atoms with E-state index in [0.717, 1.165) is 56.3 Å². The number of rotatable bonds is 7. The molecule has 1 unspecified atom stereocenters. The lowest BCUT2D eigenvalue weighted by Crippen LogP contribution is -2.37. The van der Waals surface area contributed by atoms with E-state index in [4.69, 9.17) is 0 Å². The Morgan fingerprint density at radius 2 is 2.40 bits per heavy atom. The monoisotopic (exact) mass is 296 g/mol. The van der Waals surface area contributed by atoms with Crippen LogP contribution in [-0.2, 0) is 0 Å². The molecule has 112 valence electrons. The molecule has 5 nitrogen and oxygen atoms in total. The zero-order valence-corrected chi connectivity index (χ0v) is 12.9. The number of aromatic nitrogens is 2. The van der Waals surface area contributed by atoms with Gasteiger partial charge in [-0.2, -0.15) is 11.8 Å². The van der Waals surface area contributed by atoms with E-state index in [1.165, 1.54) is 0 Å². The lowest BCUT2D eigenvalue weighted by molar-refractivity contribution is 0.208. The van der Waals surface area contributed by atoms with Crippen molar-refractivity contribution in [3.8, 4) is 0 Å². The molecule has 2 rings (SSSR count). The lowest BCUT2D eigenvalue weighted by atomic mass is 9.99. The number of hydrogen-bond donors (Lipinski definition) is 2. The summed E-state index contributed by atoms with van der Waals surface area (Å²) in [5, 5.41) is 12.6. The maximum absolute atomic E-state index is 9.30. The highest BCUT2D eigenvalue weighted by Crippen LogP contribution is 2.22. The average Bonchev–Trinajstić information content (AvgIpc) is 2.52. The van der Waals surface area contributed by atoms with Crippen molar-refractivity contribution in [2.75, 3.05) is 48.5 Å². The van der Waals surface area contributed by atoms with Gasteiger partial charge in [-0.1, -0.05) is 0 Å². The number of aliphatic hydroxyl groups is 1. The van der Waals surface area contributed by atoms with Crippen molar-refractivity contribution in [3.05, 3.63) is 12.4 Å². The molecule has 1 aromatic rings. The van der Waals surface area contributed by atoms with E-state index in [1.54, 1.807) is 6.33 Å². The van der Waals surface area contributed by atoms with Crippen LogP contribution in [0.4, 0.5) is 11.6 Å². The van der Waals surface area contributed by atoms with Crippen molar-refractivity contribution in [2.45, 2.75) is 19.3 Å². The molecule has 0 spiro atoms. The van der Waals surface area contributed by atoms with E-state index in [-0.39, 0.29) is 6.61 Å². The van der Waals surface area contributed by atoms with Crippen molar-refractivity contribution in [2.24, 2.45) is 5.92 Å². The standard InChI is InChI=1S/C14H24N4OS/c1-20-7-3-5-15-13-8-14(17-11-16-13)18-6-2-4-12(9-18)10-19/h8,11-12,19H,2-7,9-10H2,1H3,(H,15,16,17). The summed E-state index contributed by atoms with van der Waals surface area (Å²) in [7, 11) is 0. The number of thioether (sulfide) groups is 1. The third-order valence-electron chi connectivity index (χ3n) is 3.59. The molecule has 2 N–H and O–H groups in total. The lowest BCUT2D eigenvalue weighted by Gasteiger charge is -2.32. The van der Waals surface area contributed by atoms with Crippen LogP contribution in [0.5, 0.6) is 0 Å². The quantitative estimate of drug-likeness (QED) is 0.749. The Labute approximate surface area is 125 Å². The number of hydrogen-bond acceptors (Lipinski definition) is 6. The van der Waals surface area contributed by atoms with Crippen molar-refractivity contribution in [3.63, 3.8) is 0 Å². The van der Waals surface area contributed by atoms with Crippen LogP contribution < -0.4 is 10.2 Å². The maximum atomic E-state index is 9.30. The predicted molar refractivity (Wildman–Crippen MR) is 85.5 cm³/mol. The predicted octanol–water partition coefficient (Wildman–Crippen LogP) is 1.85. The number of aliphatic hydroxyl groups excluding tert-OH is 1. The second-order valence-electron chi connectivity index (χ2n) is 5.17. The minimum Gasteiger partial charge on any atom is -0.396 e. The molecule has 6 heteroatoms. The van der Waals surface area contributed by atoms with Crippen LogP contribution in [0, 0.1) is 5.92 Å². The number of piperidine rings is 1. The number of nitrogens with zero attached hydrogens (tertiary/aromatic N) is 3. The Kier molecular flexibility index (Phi) is 6.39. The van der Waals surface area contributed by atoms with Crippen LogP contribution in [0.15, 0.2) is 12.4 Å². The van der Waals surface area contributed by atoms with E-state index in [2.05, 4.69) is 26.4 Å². The van der Waals surface area contributed by atoms with Gasteiger partial charge in [0.15, 0.2) is 0 Å². The van der Waals surface area contributed by atoms with E-state index < -0.39 is 0 Å². The molecule has 1 atom stereocenters. The molecular weight excluding hydrogens is 272 g/mol. The maximum Gasteiger partial charge on any atom is 0.134 e.